The molecule has 4 heteroatoms. The van der Waals surface area contributed by atoms with E-state index < -0.39 is 0 Å². The molecule has 0 aliphatic heterocycles. The van der Waals surface area contributed by atoms with Gasteiger partial charge in [0.05, 0.1) is 12.2 Å². The molecule has 0 atom stereocenters. The number of nitrogens with zero attached hydrogens (tertiary/aromatic N) is 1. The molecule has 4 nitrogen and oxygen atoms in total. The van der Waals surface area contributed by atoms with Crippen molar-refractivity contribution in [2.24, 2.45) is 0 Å². The number of hydrogen-bond donors (Lipinski definition) is 1. The molecule has 2 aromatic rings. The Labute approximate surface area is 118 Å². The van der Waals surface area contributed by atoms with E-state index in [9.17, 15) is 0 Å². The van der Waals surface area contributed by atoms with Gasteiger partial charge < -0.3 is 15.2 Å². The molecule has 0 aliphatic carbocycles. The van der Waals surface area contributed by atoms with Crippen molar-refractivity contribution in [2.45, 2.75) is 13.3 Å². The third kappa shape index (κ3) is 3.21. The molecule has 0 radical (unpaired) electrons. The number of para-hydroxylation sites is 2. The maximum Gasteiger partial charge on any atom is 0.169 e. The first kappa shape index (κ1) is 13.8. The van der Waals surface area contributed by atoms with Gasteiger partial charge in [0.25, 0.3) is 0 Å². The summed E-state index contributed by atoms with van der Waals surface area (Å²) >= 11 is 0. The van der Waals surface area contributed by atoms with Crippen molar-refractivity contribution in [1.29, 1.82) is 5.26 Å². The van der Waals surface area contributed by atoms with Crippen molar-refractivity contribution in [3.8, 4) is 23.3 Å². The molecule has 0 amide bonds. The second-order valence-corrected chi connectivity index (χ2v) is 4.26. The number of nitrogens with two attached hydrogens (primary N) is 1. The van der Waals surface area contributed by atoms with Crippen molar-refractivity contribution in [3.63, 3.8) is 0 Å². The molecule has 2 rings (SSSR count). The molecule has 0 saturated carbocycles. The fraction of sp³-hybridized carbons (Fsp3) is 0.188. The van der Waals surface area contributed by atoms with E-state index in [0.29, 0.717) is 35.1 Å². The Morgan fingerprint density at radius 2 is 1.90 bits per heavy atom. The van der Waals surface area contributed by atoms with Gasteiger partial charge in [0.2, 0.25) is 0 Å². The zero-order valence-electron chi connectivity index (χ0n) is 11.3. The van der Waals surface area contributed by atoms with Crippen LogP contribution in [0, 0.1) is 11.3 Å². The lowest BCUT2D eigenvalue weighted by molar-refractivity contribution is 0.302. The van der Waals surface area contributed by atoms with Crippen LogP contribution < -0.4 is 15.2 Å². The Morgan fingerprint density at radius 3 is 2.60 bits per heavy atom. The molecule has 0 heterocycles. The van der Waals surface area contributed by atoms with E-state index in [2.05, 4.69) is 0 Å². The number of nitrogen functional groups attached to an aromatic ring is 1. The zero-order chi connectivity index (χ0) is 14.4. The van der Waals surface area contributed by atoms with Crippen molar-refractivity contribution in [2.75, 3.05) is 12.3 Å². The highest BCUT2D eigenvalue weighted by Crippen LogP contribution is 2.32. The van der Waals surface area contributed by atoms with Gasteiger partial charge in [-0.05, 0) is 30.7 Å². The molecule has 20 heavy (non-hydrogen) atoms. The Bertz CT molecular complexity index is 633. The molecular weight excluding hydrogens is 252 g/mol. The largest absolute Gasteiger partial charge is 0.490 e. The first-order valence-electron chi connectivity index (χ1n) is 6.44. The van der Waals surface area contributed by atoms with E-state index in [0.717, 1.165) is 6.42 Å². The summed E-state index contributed by atoms with van der Waals surface area (Å²) in [6.45, 7) is 2.67. The van der Waals surface area contributed by atoms with Crippen LogP contribution in [0.2, 0.25) is 0 Å². The Balaban J connectivity index is 2.24. The van der Waals surface area contributed by atoms with Crippen LogP contribution in [0.25, 0.3) is 0 Å². The zero-order valence-corrected chi connectivity index (χ0v) is 11.3. The number of benzene rings is 2. The van der Waals surface area contributed by atoms with Crippen LogP contribution in [0.4, 0.5) is 5.69 Å². The standard InChI is InChI=1S/C16H16N2O2/c1-2-9-19-15-5-3-4-6-16(15)20-13-7-8-14(18)12(10-13)11-17/h3-8,10H,2,9,18H2,1H3. The van der Waals surface area contributed by atoms with E-state index in [1.54, 1.807) is 18.2 Å². The topological polar surface area (TPSA) is 68.3 Å². The summed E-state index contributed by atoms with van der Waals surface area (Å²) in [6.07, 6.45) is 0.925. The van der Waals surface area contributed by atoms with Crippen LogP contribution in [0.3, 0.4) is 0 Å². The summed E-state index contributed by atoms with van der Waals surface area (Å²) < 4.78 is 11.4. The SMILES string of the molecule is CCCOc1ccccc1Oc1ccc(N)c(C#N)c1. The van der Waals surface area contributed by atoms with E-state index >= 15 is 0 Å². The average Bonchev–Trinajstić information content (AvgIpc) is 2.48. The highest BCUT2D eigenvalue weighted by Gasteiger charge is 2.07. The second-order valence-electron chi connectivity index (χ2n) is 4.26. The molecule has 0 unspecified atom stereocenters. The minimum Gasteiger partial charge on any atom is -0.490 e. The molecule has 0 aliphatic rings. The molecule has 0 saturated heterocycles. The van der Waals surface area contributed by atoms with Gasteiger partial charge >= 0.3 is 0 Å². The Kier molecular flexibility index (Phi) is 4.46. The van der Waals surface area contributed by atoms with E-state index in [-0.39, 0.29) is 0 Å². The summed E-state index contributed by atoms with van der Waals surface area (Å²) in [5.41, 5.74) is 6.52. The summed E-state index contributed by atoms with van der Waals surface area (Å²) in [4.78, 5) is 0. The fourth-order valence-electron chi connectivity index (χ4n) is 1.69. The maximum absolute atomic E-state index is 8.97. The van der Waals surface area contributed by atoms with Crippen LogP contribution >= 0.6 is 0 Å². The van der Waals surface area contributed by atoms with Crippen molar-refractivity contribution >= 4 is 5.69 Å². The maximum atomic E-state index is 8.97. The third-order valence-electron chi connectivity index (χ3n) is 2.68. The monoisotopic (exact) mass is 268 g/mol. The van der Waals surface area contributed by atoms with Crippen molar-refractivity contribution in [1.82, 2.24) is 0 Å². The predicted molar refractivity (Wildman–Crippen MR) is 77.9 cm³/mol. The Hall–Kier alpha value is -2.67. The minimum atomic E-state index is 0.398. The number of nitriles is 1. The minimum absolute atomic E-state index is 0.398. The first-order chi connectivity index (χ1) is 9.74. The van der Waals surface area contributed by atoms with E-state index in [1.165, 1.54) is 0 Å². The second kappa shape index (κ2) is 6.48. The molecule has 0 fully saturated rings. The van der Waals surface area contributed by atoms with E-state index in [4.69, 9.17) is 20.5 Å². The lowest BCUT2D eigenvalue weighted by Crippen LogP contribution is -1.97. The molecule has 2 aromatic carbocycles. The summed E-state index contributed by atoms with van der Waals surface area (Å²) in [7, 11) is 0. The van der Waals surface area contributed by atoms with Gasteiger partial charge in [-0.25, -0.2) is 0 Å². The van der Waals surface area contributed by atoms with E-state index in [1.807, 2.05) is 37.3 Å². The molecule has 2 N–H and O–H groups in total. The molecule has 102 valence electrons. The van der Waals surface area contributed by atoms with Crippen LogP contribution in [0.5, 0.6) is 17.2 Å². The average molecular weight is 268 g/mol. The van der Waals surface area contributed by atoms with Gasteiger partial charge in [0.15, 0.2) is 11.5 Å². The van der Waals surface area contributed by atoms with Gasteiger partial charge in [-0.3, -0.25) is 0 Å². The fourth-order valence-corrected chi connectivity index (χ4v) is 1.69. The Morgan fingerprint density at radius 1 is 1.15 bits per heavy atom. The van der Waals surface area contributed by atoms with Crippen LogP contribution in [-0.2, 0) is 0 Å². The number of hydrogen-bond acceptors (Lipinski definition) is 4. The molecule has 0 bridgehead atoms. The highest BCUT2D eigenvalue weighted by atomic mass is 16.5. The summed E-state index contributed by atoms with van der Waals surface area (Å²) in [5.74, 6) is 1.86. The first-order valence-corrected chi connectivity index (χ1v) is 6.44. The normalized spacial score (nSPS) is 9.80. The van der Waals surface area contributed by atoms with Gasteiger partial charge in [-0.2, -0.15) is 5.26 Å². The van der Waals surface area contributed by atoms with Crippen LogP contribution in [0.1, 0.15) is 18.9 Å². The smallest absolute Gasteiger partial charge is 0.169 e. The summed E-state index contributed by atoms with van der Waals surface area (Å²) in [6, 6.07) is 14.5. The highest BCUT2D eigenvalue weighted by molar-refractivity contribution is 5.57. The number of rotatable bonds is 5. The van der Waals surface area contributed by atoms with Gasteiger partial charge in [-0.15, -0.1) is 0 Å². The van der Waals surface area contributed by atoms with Gasteiger partial charge in [0.1, 0.15) is 11.8 Å². The van der Waals surface area contributed by atoms with Crippen LogP contribution in [-0.4, -0.2) is 6.61 Å². The summed E-state index contributed by atoms with van der Waals surface area (Å²) in [5, 5.41) is 8.97. The lowest BCUT2D eigenvalue weighted by atomic mass is 10.2. The van der Waals surface area contributed by atoms with Crippen molar-refractivity contribution < 1.29 is 9.47 Å². The predicted octanol–water partition coefficient (Wildman–Crippen LogP) is 3.72. The van der Waals surface area contributed by atoms with Gasteiger partial charge in [-0.1, -0.05) is 19.1 Å². The number of anilines is 1. The van der Waals surface area contributed by atoms with Crippen molar-refractivity contribution in [3.05, 3.63) is 48.0 Å². The quantitative estimate of drug-likeness (QED) is 0.839. The third-order valence-corrected chi connectivity index (χ3v) is 2.68. The molecule has 0 spiro atoms. The van der Waals surface area contributed by atoms with Crippen LogP contribution in [0.15, 0.2) is 42.5 Å². The molecular formula is C16H16N2O2. The van der Waals surface area contributed by atoms with Gasteiger partial charge in [0, 0.05) is 11.8 Å². The lowest BCUT2D eigenvalue weighted by Gasteiger charge is -2.12. The molecule has 0 aromatic heterocycles. The number of ether oxygens (including phenoxy) is 2.